The lowest BCUT2D eigenvalue weighted by molar-refractivity contribution is -0.138. The normalized spacial score (nSPS) is 13.7. The maximum atomic E-state index is 14.7. The average Bonchev–Trinajstić information content (AvgIpc) is 3.53. The highest BCUT2D eigenvalue weighted by Gasteiger charge is 2.34. The van der Waals surface area contributed by atoms with Crippen LogP contribution >= 0.6 is 0 Å². The van der Waals surface area contributed by atoms with Crippen LogP contribution in [0.5, 0.6) is 5.75 Å². The van der Waals surface area contributed by atoms with E-state index in [4.69, 9.17) is 14.7 Å². The molecule has 0 radical (unpaired) electrons. The first-order valence-electron chi connectivity index (χ1n) is 15.3. The van der Waals surface area contributed by atoms with Crippen molar-refractivity contribution in [2.45, 2.75) is 37.8 Å². The van der Waals surface area contributed by atoms with E-state index >= 15 is 0 Å². The second-order valence-corrected chi connectivity index (χ2v) is 11.7. The van der Waals surface area contributed by atoms with Gasteiger partial charge in [0.2, 0.25) is 0 Å². The molecule has 7 rings (SSSR count). The van der Waals surface area contributed by atoms with Crippen LogP contribution in [0.15, 0.2) is 91.4 Å². The molecule has 1 N–H and O–H groups in total. The first-order chi connectivity index (χ1) is 22.9. The Morgan fingerprint density at radius 3 is 2.15 bits per heavy atom. The average molecular weight is 631 g/mol. The van der Waals surface area contributed by atoms with E-state index < -0.39 is 17.8 Å². The number of aromatic nitrogens is 5. The Bertz CT molecular complexity index is 2050. The number of methoxy groups -OCH3 is 1. The standard InChI is InChI=1S/C36H31FN6O4/c1-47-32-11-8-24(18-29(32)37)30(20-33(44)45)43-15-14-42-21-26(19-31(42)36(43)46)25(16-27-9-6-22-4-2-12-38-34(22)40-27)17-28-10-7-23-5-3-13-39-35(23)41-28/h2-13,18-19,21,25,30H,14-17,20H2,1H3,(H,44,45). The first kappa shape index (κ1) is 30.0. The second-order valence-electron chi connectivity index (χ2n) is 11.7. The highest BCUT2D eigenvalue weighted by Crippen LogP contribution is 2.34. The second kappa shape index (κ2) is 12.6. The van der Waals surface area contributed by atoms with Crippen molar-refractivity contribution in [3.63, 3.8) is 0 Å². The number of carboxylic acids is 1. The van der Waals surface area contributed by atoms with Gasteiger partial charge in [-0.15, -0.1) is 0 Å². The van der Waals surface area contributed by atoms with Gasteiger partial charge in [-0.1, -0.05) is 6.07 Å². The van der Waals surface area contributed by atoms with Crippen LogP contribution in [0.1, 0.15) is 51.4 Å². The zero-order chi connectivity index (χ0) is 32.5. The van der Waals surface area contributed by atoms with Crippen molar-refractivity contribution in [3.8, 4) is 5.75 Å². The molecule has 1 unspecified atom stereocenters. The summed E-state index contributed by atoms with van der Waals surface area (Å²) in [6.07, 6.45) is 6.22. The molecule has 10 nitrogen and oxygen atoms in total. The Morgan fingerprint density at radius 2 is 1.55 bits per heavy atom. The third-order valence-corrected chi connectivity index (χ3v) is 8.71. The lowest BCUT2D eigenvalue weighted by Crippen LogP contribution is -2.43. The molecule has 0 bridgehead atoms. The van der Waals surface area contributed by atoms with Crippen LogP contribution < -0.4 is 4.74 Å². The van der Waals surface area contributed by atoms with Gasteiger partial charge in [-0.3, -0.25) is 9.59 Å². The summed E-state index contributed by atoms with van der Waals surface area (Å²) in [7, 11) is 1.36. The van der Waals surface area contributed by atoms with E-state index in [0.29, 0.717) is 41.9 Å². The van der Waals surface area contributed by atoms with Crippen LogP contribution in [0.3, 0.4) is 0 Å². The predicted molar refractivity (Wildman–Crippen MR) is 173 cm³/mol. The van der Waals surface area contributed by atoms with Gasteiger partial charge in [0.25, 0.3) is 5.91 Å². The Hall–Kier alpha value is -5.71. The van der Waals surface area contributed by atoms with Gasteiger partial charge in [0.1, 0.15) is 5.69 Å². The number of aliphatic carboxylic acids is 1. The monoisotopic (exact) mass is 630 g/mol. The predicted octanol–water partition coefficient (Wildman–Crippen LogP) is 5.76. The molecule has 0 saturated carbocycles. The minimum atomic E-state index is -1.09. The summed E-state index contributed by atoms with van der Waals surface area (Å²) in [6, 6.07) is 21.0. The van der Waals surface area contributed by atoms with E-state index in [-0.39, 0.29) is 30.5 Å². The summed E-state index contributed by atoms with van der Waals surface area (Å²) in [6.45, 7) is 0.727. The quantitative estimate of drug-likeness (QED) is 0.203. The van der Waals surface area contributed by atoms with Gasteiger partial charge in [0.15, 0.2) is 22.9 Å². The third kappa shape index (κ3) is 6.11. The lowest BCUT2D eigenvalue weighted by Gasteiger charge is -2.35. The maximum absolute atomic E-state index is 14.7. The van der Waals surface area contributed by atoms with Crippen molar-refractivity contribution in [1.29, 1.82) is 0 Å². The minimum Gasteiger partial charge on any atom is -0.494 e. The molecule has 5 aromatic heterocycles. The van der Waals surface area contributed by atoms with Crippen LogP contribution in [0.4, 0.5) is 4.39 Å². The number of nitrogens with zero attached hydrogens (tertiary/aromatic N) is 6. The largest absolute Gasteiger partial charge is 0.494 e. The number of ether oxygens (including phenoxy) is 1. The molecule has 1 amide bonds. The van der Waals surface area contributed by atoms with Crippen molar-refractivity contribution in [1.82, 2.24) is 29.4 Å². The topological polar surface area (TPSA) is 123 Å². The molecule has 0 fully saturated rings. The van der Waals surface area contributed by atoms with Gasteiger partial charge >= 0.3 is 5.97 Å². The van der Waals surface area contributed by atoms with Crippen LogP contribution in [-0.4, -0.2) is 60.0 Å². The number of carbonyl (C=O) groups is 2. The van der Waals surface area contributed by atoms with Gasteiger partial charge in [-0.25, -0.2) is 24.3 Å². The van der Waals surface area contributed by atoms with Crippen molar-refractivity contribution >= 4 is 33.9 Å². The zero-order valence-corrected chi connectivity index (χ0v) is 25.6. The van der Waals surface area contributed by atoms with E-state index in [1.54, 1.807) is 18.5 Å². The number of hydrogen-bond donors (Lipinski definition) is 1. The molecular formula is C36H31FN6O4. The fourth-order valence-electron chi connectivity index (χ4n) is 6.37. The van der Waals surface area contributed by atoms with E-state index in [1.807, 2.05) is 65.4 Å². The Kier molecular flexibility index (Phi) is 8.03. The van der Waals surface area contributed by atoms with Crippen molar-refractivity contribution in [3.05, 3.63) is 125 Å². The van der Waals surface area contributed by atoms with Gasteiger partial charge < -0.3 is 19.3 Å². The molecule has 0 aliphatic carbocycles. The number of halogens is 1. The van der Waals surface area contributed by atoms with Crippen molar-refractivity contribution in [2.24, 2.45) is 0 Å². The van der Waals surface area contributed by atoms with Crippen molar-refractivity contribution < 1.29 is 23.8 Å². The molecule has 236 valence electrons. The number of pyridine rings is 4. The molecule has 6 aromatic rings. The SMILES string of the molecule is COc1ccc(C(CC(=O)O)N2CCn3cc(C(Cc4ccc5cccnc5n4)Cc4ccc5cccnc5n4)cc3C2=O)cc1F. The summed E-state index contributed by atoms with van der Waals surface area (Å²) in [5.74, 6) is -2.07. The zero-order valence-electron chi connectivity index (χ0n) is 25.6. The summed E-state index contributed by atoms with van der Waals surface area (Å²) in [5.41, 5.74) is 4.83. The number of hydrogen-bond acceptors (Lipinski definition) is 7. The summed E-state index contributed by atoms with van der Waals surface area (Å²) >= 11 is 0. The molecule has 6 heterocycles. The first-order valence-corrected chi connectivity index (χ1v) is 15.3. The van der Waals surface area contributed by atoms with Crippen LogP contribution in [-0.2, 0) is 24.2 Å². The number of amides is 1. The Morgan fingerprint density at radius 1 is 0.894 bits per heavy atom. The highest BCUT2D eigenvalue weighted by atomic mass is 19.1. The lowest BCUT2D eigenvalue weighted by atomic mass is 9.90. The van der Waals surface area contributed by atoms with E-state index in [1.165, 1.54) is 24.1 Å². The van der Waals surface area contributed by atoms with Crippen LogP contribution in [0.25, 0.3) is 22.1 Å². The molecule has 0 spiro atoms. The van der Waals surface area contributed by atoms with E-state index in [9.17, 15) is 19.1 Å². The molecule has 47 heavy (non-hydrogen) atoms. The number of fused-ring (bicyclic) bond motifs is 3. The van der Waals surface area contributed by atoms with Gasteiger partial charge in [-0.05, 0) is 96.6 Å². The summed E-state index contributed by atoms with van der Waals surface area (Å²) in [5, 5.41) is 11.6. The fourth-order valence-corrected chi connectivity index (χ4v) is 6.37. The van der Waals surface area contributed by atoms with E-state index in [2.05, 4.69) is 9.97 Å². The van der Waals surface area contributed by atoms with Gasteiger partial charge in [0, 0.05) is 53.8 Å². The van der Waals surface area contributed by atoms with Crippen LogP contribution in [0, 0.1) is 5.82 Å². The van der Waals surface area contributed by atoms with Crippen molar-refractivity contribution in [2.75, 3.05) is 13.7 Å². The maximum Gasteiger partial charge on any atom is 0.305 e. The molecule has 0 saturated heterocycles. The Labute approximate surface area is 269 Å². The molecule has 1 atom stereocenters. The molecule has 1 aliphatic rings. The van der Waals surface area contributed by atoms with E-state index in [0.717, 1.165) is 27.7 Å². The number of rotatable bonds is 10. The molecule has 1 aromatic carbocycles. The molecular weight excluding hydrogens is 599 g/mol. The smallest absolute Gasteiger partial charge is 0.305 e. The summed E-state index contributed by atoms with van der Waals surface area (Å²) < 4.78 is 21.6. The third-order valence-electron chi connectivity index (χ3n) is 8.71. The molecule has 11 heteroatoms. The van der Waals surface area contributed by atoms with Gasteiger partial charge in [-0.2, -0.15) is 0 Å². The highest BCUT2D eigenvalue weighted by molar-refractivity contribution is 5.94. The van der Waals surface area contributed by atoms with Gasteiger partial charge in [0.05, 0.1) is 19.6 Å². The molecule has 1 aliphatic heterocycles. The summed E-state index contributed by atoms with van der Waals surface area (Å²) in [4.78, 5) is 46.0. The number of benzene rings is 1. The minimum absolute atomic E-state index is 0.0470. The Balaban J connectivity index is 1.23. The number of carbonyl (C=O) groups excluding carboxylic acids is 1. The number of carboxylic acid groups (broad SMARTS) is 1. The van der Waals surface area contributed by atoms with Crippen LogP contribution in [0.2, 0.25) is 0 Å². The fraction of sp³-hybridized carbons (Fsp3) is 0.222.